The van der Waals surface area contributed by atoms with E-state index < -0.39 is 16.0 Å². The van der Waals surface area contributed by atoms with Gasteiger partial charge in [0.1, 0.15) is 10.5 Å². The molecule has 0 bridgehead atoms. The van der Waals surface area contributed by atoms with E-state index in [-0.39, 0.29) is 41.5 Å². The van der Waals surface area contributed by atoms with E-state index in [1.807, 2.05) is 0 Å². The molecule has 2 aliphatic rings. The van der Waals surface area contributed by atoms with Crippen molar-refractivity contribution in [3.05, 3.63) is 17.0 Å². The maximum Gasteiger partial charge on any atom is 0.341 e. The average molecular weight is 468 g/mol. The molecule has 1 amide bonds. The Morgan fingerprint density at radius 3 is 2.34 bits per heavy atom. The number of sulfonamides is 1. The van der Waals surface area contributed by atoms with Gasteiger partial charge in [-0.25, -0.2) is 13.2 Å². The van der Waals surface area contributed by atoms with Crippen LogP contribution in [0.3, 0.4) is 0 Å². The Bertz CT molecular complexity index is 916. The highest BCUT2D eigenvalue weighted by Crippen LogP contribution is 2.31. The topological polar surface area (TPSA) is 109 Å². The fraction of sp³-hybridized carbons (Fsp3) is 0.739. The van der Waals surface area contributed by atoms with Gasteiger partial charge in [0.25, 0.3) is 0 Å². The average Bonchev–Trinajstić information content (AvgIpc) is 3.04. The van der Waals surface area contributed by atoms with Crippen LogP contribution in [-0.2, 0) is 19.6 Å². The van der Waals surface area contributed by atoms with Crippen molar-refractivity contribution in [3.63, 3.8) is 0 Å². The predicted molar refractivity (Wildman–Crippen MR) is 122 cm³/mol. The highest BCUT2D eigenvalue weighted by Gasteiger charge is 2.38. The van der Waals surface area contributed by atoms with Gasteiger partial charge in [0, 0.05) is 30.5 Å². The number of carbonyl (C=O) groups excluding carboxylic acids is 2. The quantitative estimate of drug-likeness (QED) is 0.623. The molecule has 9 heteroatoms. The van der Waals surface area contributed by atoms with Gasteiger partial charge in [-0.1, -0.05) is 32.1 Å². The van der Waals surface area contributed by atoms with Crippen molar-refractivity contribution >= 4 is 21.9 Å². The Morgan fingerprint density at radius 1 is 1.03 bits per heavy atom. The zero-order chi connectivity index (χ0) is 23.3. The van der Waals surface area contributed by atoms with Gasteiger partial charge in [-0.05, 0) is 46.5 Å². The lowest BCUT2D eigenvalue weighted by atomic mass is 9.94. The number of hydrogen-bond donors (Lipinski definition) is 2. The number of aromatic amines is 1. The largest absolute Gasteiger partial charge is 0.462 e. The molecule has 1 atom stereocenters. The third kappa shape index (κ3) is 5.54. The number of piperidine rings is 1. The fourth-order valence-corrected chi connectivity index (χ4v) is 6.89. The summed E-state index contributed by atoms with van der Waals surface area (Å²) in [6.07, 6.45) is 9.19. The van der Waals surface area contributed by atoms with Crippen molar-refractivity contribution in [2.45, 2.75) is 89.5 Å². The van der Waals surface area contributed by atoms with Crippen LogP contribution in [0.4, 0.5) is 0 Å². The molecule has 8 nitrogen and oxygen atoms in total. The van der Waals surface area contributed by atoms with Gasteiger partial charge in [-0.15, -0.1) is 0 Å². The minimum Gasteiger partial charge on any atom is -0.462 e. The Kier molecular flexibility index (Phi) is 8.38. The van der Waals surface area contributed by atoms with Crippen LogP contribution in [-0.4, -0.2) is 55.3 Å². The van der Waals surface area contributed by atoms with Crippen molar-refractivity contribution in [3.8, 4) is 0 Å². The van der Waals surface area contributed by atoms with Crippen LogP contribution < -0.4 is 5.32 Å². The molecule has 1 aromatic rings. The first-order valence-corrected chi connectivity index (χ1v) is 13.4. The number of nitrogens with one attached hydrogen (secondary N) is 2. The van der Waals surface area contributed by atoms with Crippen LogP contribution in [0.15, 0.2) is 4.90 Å². The molecule has 2 heterocycles. The minimum absolute atomic E-state index is 0.0328. The van der Waals surface area contributed by atoms with E-state index >= 15 is 0 Å². The second-order valence-corrected chi connectivity index (χ2v) is 10.9. The van der Waals surface area contributed by atoms with Crippen molar-refractivity contribution < 1.29 is 22.7 Å². The highest BCUT2D eigenvalue weighted by molar-refractivity contribution is 7.89. The summed E-state index contributed by atoms with van der Waals surface area (Å²) in [5, 5.41) is 3.19. The maximum atomic E-state index is 13.6. The number of nitrogens with zero attached hydrogens (tertiary/aromatic N) is 1. The van der Waals surface area contributed by atoms with E-state index in [2.05, 4.69) is 10.3 Å². The van der Waals surface area contributed by atoms with E-state index in [0.717, 1.165) is 25.7 Å². The zero-order valence-electron chi connectivity index (χ0n) is 19.5. The summed E-state index contributed by atoms with van der Waals surface area (Å²) < 4.78 is 33.6. The van der Waals surface area contributed by atoms with Gasteiger partial charge in [-0.3, -0.25) is 4.79 Å². The van der Waals surface area contributed by atoms with Crippen LogP contribution >= 0.6 is 0 Å². The van der Waals surface area contributed by atoms with Gasteiger partial charge in [0.05, 0.1) is 12.5 Å². The minimum atomic E-state index is -3.95. The molecule has 180 valence electrons. The van der Waals surface area contributed by atoms with Crippen LogP contribution in [0, 0.1) is 19.8 Å². The Hall–Kier alpha value is -1.87. The molecule has 1 aromatic heterocycles. The summed E-state index contributed by atoms with van der Waals surface area (Å²) >= 11 is 0. The summed E-state index contributed by atoms with van der Waals surface area (Å²) in [5.41, 5.74) is 0.937. The normalized spacial score (nSPS) is 21.5. The first-order valence-electron chi connectivity index (χ1n) is 11.9. The number of carbonyl (C=O) groups is 2. The number of ether oxygens (including phenoxy) is 1. The van der Waals surface area contributed by atoms with E-state index in [9.17, 15) is 18.0 Å². The second-order valence-electron chi connectivity index (χ2n) is 9.05. The summed E-state index contributed by atoms with van der Waals surface area (Å²) in [7, 11) is -3.95. The number of amides is 1. The number of esters is 1. The van der Waals surface area contributed by atoms with Crippen LogP contribution in [0.1, 0.15) is 86.5 Å². The molecular weight excluding hydrogens is 430 g/mol. The van der Waals surface area contributed by atoms with Crippen molar-refractivity contribution in [2.75, 3.05) is 19.7 Å². The molecule has 1 aliphatic heterocycles. The van der Waals surface area contributed by atoms with Gasteiger partial charge >= 0.3 is 5.97 Å². The SMILES string of the molecule is CCOC(=O)c1c(C)[nH]c(C)c1S(=O)(=O)N1CCC[C@H](C(=O)NC2CCCCCCC2)C1. The van der Waals surface area contributed by atoms with Crippen LogP contribution in [0.25, 0.3) is 0 Å². The monoisotopic (exact) mass is 467 g/mol. The molecule has 2 N–H and O–H groups in total. The van der Waals surface area contributed by atoms with E-state index in [4.69, 9.17) is 4.74 Å². The molecule has 1 aliphatic carbocycles. The third-order valence-electron chi connectivity index (χ3n) is 6.60. The van der Waals surface area contributed by atoms with Gasteiger partial charge in [-0.2, -0.15) is 4.31 Å². The number of rotatable bonds is 6. The summed E-state index contributed by atoms with van der Waals surface area (Å²) in [6.45, 7) is 5.62. The molecule has 0 radical (unpaired) electrons. The predicted octanol–water partition coefficient (Wildman–Crippen LogP) is 3.44. The van der Waals surface area contributed by atoms with E-state index in [1.165, 1.54) is 23.6 Å². The number of H-pyrrole nitrogens is 1. The lowest BCUT2D eigenvalue weighted by molar-refractivity contribution is -0.126. The number of aryl methyl sites for hydroxylation is 2. The number of hydrogen-bond acceptors (Lipinski definition) is 5. The van der Waals surface area contributed by atoms with E-state index in [1.54, 1.807) is 20.8 Å². The molecule has 0 unspecified atom stereocenters. The Labute approximate surface area is 191 Å². The lowest BCUT2D eigenvalue weighted by Gasteiger charge is -2.32. The number of aromatic nitrogens is 1. The van der Waals surface area contributed by atoms with Crippen LogP contribution in [0.2, 0.25) is 0 Å². The molecule has 1 saturated heterocycles. The Morgan fingerprint density at radius 2 is 1.69 bits per heavy atom. The smallest absolute Gasteiger partial charge is 0.341 e. The lowest BCUT2D eigenvalue weighted by Crippen LogP contribution is -2.47. The summed E-state index contributed by atoms with van der Waals surface area (Å²) in [6, 6.07) is 0.180. The first-order chi connectivity index (χ1) is 15.3. The maximum absolute atomic E-state index is 13.6. The van der Waals surface area contributed by atoms with Crippen molar-refractivity contribution in [2.24, 2.45) is 5.92 Å². The second kappa shape index (κ2) is 10.8. The van der Waals surface area contributed by atoms with E-state index in [0.29, 0.717) is 30.8 Å². The van der Waals surface area contributed by atoms with Crippen molar-refractivity contribution in [1.29, 1.82) is 0 Å². The van der Waals surface area contributed by atoms with Crippen molar-refractivity contribution in [1.82, 2.24) is 14.6 Å². The third-order valence-corrected chi connectivity index (χ3v) is 8.64. The van der Waals surface area contributed by atoms with Gasteiger partial charge < -0.3 is 15.0 Å². The molecular formula is C23H37N3O5S. The van der Waals surface area contributed by atoms with Gasteiger partial charge in [0.2, 0.25) is 15.9 Å². The highest BCUT2D eigenvalue weighted by atomic mass is 32.2. The summed E-state index contributed by atoms with van der Waals surface area (Å²) in [5.74, 6) is -1.08. The Balaban J connectivity index is 1.76. The molecule has 32 heavy (non-hydrogen) atoms. The van der Waals surface area contributed by atoms with Gasteiger partial charge in [0.15, 0.2) is 0 Å². The molecule has 1 saturated carbocycles. The van der Waals surface area contributed by atoms with Crippen LogP contribution in [0.5, 0.6) is 0 Å². The standard InChI is InChI=1S/C23H37N3O5S/c1-4-31-23(28)20-16(2)24-17(3)21(20)32(29,30)26-14-10-11-18(15-26)22(27)25-19-12-8-6-5-7-9-13-19/h18-19,24H,4-15H2,1-3H3,(H,25,27)/t18-/m0/s1. The first kappa shape index (κ1) is 24.8. The molecule has 3 rings (SSSR count). The fourth-order valence-electron chi connectivity index (χ4n) is 4.95. The zero-order valence-corrected chi connectivity index (χ0v) is 20.4. The molecule has 0 spiro atoms. The summed E-state index contributed by atoms with van der Waals surface area (Å²) in [4.78, 5) is 28.4. The molecule has 0 aromatic carbocycles. The molecule has 2 fully saturated rings.